The van der Waals surface area contributed by atoms with E-state index in [1.54, 1.807) is 11.8 Å². The highest BCUT2D eigenvalue weighted by atomic mass is 35.5. The molecule has 30 heavy (non-hydrogen) atoms. The van der Waals surface area contributed by atoms with Crippen molar-refractivity contribution in [3.05, 3.63) is 51.8 Å². The summed E-state index contributed by atoms with van der Waals surface area (Å²) in [5.41, 5.74) is 5.02. The number of nitrogens with one attached hydrogen (secondary N) is 2. The van der Waals surface area contributed by atoms with Crippen LogP contribution in [0.25, 0.3) is 11.4 Å². The van der Waals surface area contributed by atoms with Crippen molar-refractivity contribution in [1.29, 1.82) is 0 Å². The number of para-hydroxylation sites is 1. The lowest BCUT2D eigenvalue weighted by Gasteiger charge is -2.18. The lowest BCUT2D eigenvalue weighted by atomic mass is 10.2. The number of hydrogen-bond acceptors (Lipinski definition) is 6. The first-order valence-corrected chi connectivity index (χ1v) is 10.4. The Labute approximate surface area is 185 Å². The zero-order valence-corrected chi connectivity index (χ0v) is 18.9. The molecule has 0 aliphatic rings. The predicted octanol–water partition coefficient (Wildman–Crippen LogP) is 5.20. The van der Waals surface area contributed by atoms with Crippen LogP contribution < -0.4 is 19.6 Å². The summed E-state index contributed by atoms with van der Waals surface area (Å²) in [6.45, 7) is 6.76. The third kappa shape index (κ3) is 4.88. The molecule has 0 radical (unpaired) electrons. The SMILES string of the molecule is CCOc1cc(CNn2c(-c3ccccc3OC)n[nH]c2=S)cc(Cl)c1OC(C)C. The molecule has 0 spiro atoms. The second-order valence-corrected chi connectivity index (χ2v) is 7.52. The lowest BCUT2D eigenvalue weighted by Crippen LogP contribution is -2.16. The van der Waals surface area contributed by atoms with E-state index in [0.717, 1.165) is 11.1 Å². The fourth-order valence-electron chi connectivity index (χ4n) is 2.96. The number of aromatic amines is 1. The molecule has 7 nitrogen and oxygen atoms in total. The van der Waals surface area contributed by atoms with Gasteiger partial charge in [-0.05, 0) is 62.8 Å². The van der Waals surface area contributed by atoms with E-state index >= 15 is 0 Å². The smallest absolute Gasteiger partial charge is 0.214 e. The van der Waals surface area contributed by atoms with Crippen LogP contribution in [-0.4, -0.2) is 34.7 Å². The summed E-state index contributed by atoms with van der Waals surface area (Å²) in [7, 11) is 1.62. The van der Waals surface area contributed by atoms with Gasteiger partial charge in [-0.2, -0.15) is 5.10 Å². The lowest BCUT2D eigenvalue weighted by molar-refractivity contribution is 0.224. The second kappa shape index (κ2) is 9.86. The first kappa shape index (κ1) is 22.0. The largest absolute Gasteiger partial charge is 0.496 e. The Morgan fingerprint density at radius 1 is 1.23 bits per heavy atom. The average Bonchev–Trinajstić information content (AvgIpc) is 3.09. The van der Waals surface area contributed by atoms with E-state index in [0.29, 0.717) is 46.0 Å². The van der Waals surface area contributed by atoms with Gasteiger partial charge in [-0.15, -0.1) is 0 Å². The molecule has 0 unspecified atom stereocenters. The van der Waals surface area contributed by atoms with Crippen molar-refractivity contribution in [1.82, 2.24) is 14.9 Å². The van der Waals surface area contributed by atoms with Gasteiger partial charge in [-0.1, -0.05) is 23.7 Å². The standard InChI is InChI=1S/C21H25ClN4O3S/c1-5-28-18-11-14(10-16(22)19(18)29-13(2)3)12-23-26-20(24-25-21(26)30)15-8-6-7-9-17(15)27-4/h6-11,13,23H,5,12H2,1-4H3,(H,25,30). The van der Waals surface area contributed by atoms with Crippen LogP contribution in [0, 0.1) is 4.77 Å². The summed E-state index contributed by atoms with van der Waals surface area (Å²) in [6.07, 6.45) is -0.0154. The van der Waals surface area contributed by atoms with Gasteiger partial charge in [0, 0.05) is 0 Å². The molecule has 160 valence electrons. The van der Waals surface area contributed by atoms with Gasteiger partial charge in [-0.3, -0.25) is 0 Å². The van der Waals surface area contributed by atoms with Crippen molar-refractivity contribution in [3.8, 4) is 28.6 Å². The quantitative estimate of drug-likeness (QED) is 0.438. The van der Waals surface area contributed by atoms with E-state index in [1.165, 1.54) is 0 Å². The van der Waals surface area contributed by atoms with Crippen molar-refractivity contribution in [3.63, 3.8) is 0 Å². The molecule has 2 aromatic carbocycles. The minimum atomic E-state index is -0.0154. The molecule has 1 heterocycles. The van der Waals surface area contributed by atoms with Gasteiger partial charge < -0.3 is 19.6 Å². The van der Waals surface area contributed by atoms with Gasteiger partial charge in [-0.25, -0.2) is 9.77 Å². The highest BCUT2D eigenvalue weighted by Crippen LogP contribution is 2.37. The summed E-state index contributed by atoms with van der Waals surface area (Å²) in [4.78, 5) is 0. The fourth-order valence-corrected chi connectivity index (χ4v) is 3.43. The Morgan fingerprint density at radius 2 is 2.00 bits per heavy atom. The molecular weight excluding hydrogens is 424 g/mol. The number of H-pyrrole nitrogens is 1. The topological polar surface area (TPSA) is 73.3 Å². The number of ether oxygens (including phenoxy) is 3. The number of halogens is 1. The summed E-state index contributed by atoms with van der Waals surface area (Å²) < 4.78 is 19.2. The second-order valence-electron chi connectivity index (χ2n) is 6.73. The fraction of sp³-hybridized carbons (Fsp3) is 0.333. The molecule has 0 atom stereocenters. The Kier molecular flexibility index (Phi) is 7.23. The molecule has 1 aromatic heterocycles. The summed E-state index contributed by atoms with van der Waals surface area (Å²) in [5, 5.41) is 7.67. The van der Waals surface area contributed by atoms with Gasteiger partial charge in [0.05, 0.1) is 37.0 Å². The van der Waals surface area contributed by atoms with Crippen LogP contribution >= 0.6 is 23.8 Å². The maximum Gasteiger partial charge on any atom is 0.214 e. The van der Waals surface area contributed by atoms with Crippen molar-refractivity contribution in [2.75, 3.05) is 19.1 Å². The summed E-state index contributed by atoms with van der Waals surface area (Å²) in [6, 6.07) is 11.4. The monoisotopic (exact) mass is 448 g/mol. The van der Waals surface area contributed by atoms with Crippen molar-refractivity contribution in [2.45, 2.75) is 33.4 Å². The molecule has 0 aliphatic heterocycles. The van der Waals surface area contributed by atoms with Crippen molar-refractivity contribution in [2.24, 2.45) is 0 Å². The Morgan fingerprint density at radius 3 is 2.70 bits per heavy atom. The van der Waals surface area contributed by atoms with Crippen molar-refractivity contribution >= 4 is 23.8 Å². The minimum absolute atomic E-state index is 0.0154. The summed E-state index contributed by atoms with van der Waals surface area (Å²) >= 11 is 11.9. The molecule has 2 N–H and O–H groups in total. The number of nitrogens with zero attached hydrogens (tertiary/aromatic N) is 2. The van der Waals surface area contributed by atoms with E-state index in [-0.39, 0.29) is 6.10 Å². The molecule has 0 saturated heterocycles. The Balaban J connectivity index is 1.89. The van der Waals surface area contributed by atoms with E-state index in [2.05, 4.69) is 15.6 Å². The van der Waals surface area contributed by atoms with Gasteiger partial charge in [0.25, 0.3) is 0 Å². The zero-order valence-electron chi connectivity index (χ0n) is 17.4. The van der Waals surface area contributed by atoms with Crippen LogP contribution in [0.3, 0.4) is 0 Å². The molecule has 0 amide bonds. The maximum absolute atomic E-state index is 6.48. The van der Waals surface area contributed by atoms with Crippen LogP contribution in [0.15, 0.2) is 36.4 Å². The Hall–Kier alpha value is -2.71. The third-order valence-electron chi connectivity index (χ3n) is 4.18. The highest BCUT2D eigenvalue weighted by Gasteiger charge is 2.16. The van der Waals surface area contributed by atoms with Crippen LogP contribution in [0.1, 0.15) is 26.3 Å². The normalized spacial score (nSPS) is 10.9. The van der Waals surface area contributed by atoms with Gasteiger partial charge in [0.1, 0.15) is 5.75 Å². The summed E-state index contributed by atoms with van der Waals surface area (Å²) in [5.74, 6) is 2.47. The van der Waals surface area contributed by atoms with Gasteiger partial charge in [0.2, 0.25) is 4.77 Å². The molecule has 0 aliphatic carbocycles. The third-order valence-corrected chi connectivity index (χ3v) is 4.74. The van der Waals surface area contributed by atoms with Crippen molar-refractivity contribution < 1.29 is 14.2 Å². The number of rotatable bonds is 9. The molecule has 3 aromatic rings. The van der Waals surface area contributed by atoms with E-state index < -0.39 is 0 Å². The minimum Gasteiger partial charge on any atom is -0.496 e. The predicted molar refractivity (Wildman–Crippen MR) is 121 cm³/mol. The number of methoxy groups -OCH3 is 1. The number of hydrogen-bond donors (Lipinski definition) is 2. The maximum atomic E-state index is 6.48. The number of aromatic nitrogens is 3. The van der Waals surface area contributed by atoms with Crippen LogP contribution in [0.2, 0.25) is 5.02 Å². The van der Waals surface area contributed by atoms with Crippen LogP contribution in [0.5, 0.6) is 17.2 Å². The molecule has 0 saturated carbocycles. The molecule has 9 heteroatoms. The molecular formula is C21H25ClN4O3S. The molecule has 0 bridgehead atoms. The van der Waals surface area contributed by atoms with E-state index in [9.17, 15) is 0 Å². The highest BCUT2D eigenvalue weighted by molar-refractivity contribution is 7.71. The molecule has 0 fully saturated rings. The molecule has 3 rings (SSSR count). The van der Waals surface area contributed by atoms with Gasteiger partial charge >= 0.3 is 0 Å². The van der Waals surface area contributed by atoms with Gasteiger partial charge in [0.15, 0.2) is 17.3 Å². The number of benzene rings is 2. The first-order chi connectivity index (χ1) is 14.4. The van der Waals surface area contributed by atoms with Crippen LogP contribution in [-0.2, 0) is 6.54 Å². The average molecular weight is 449 g/mol. The zero-order chi connectivity index (χ0) is 21.7. The first-order valence-electron chi connectivity index (χ1n) is 9.61. The van der Waals surface area contributed by atoms with E-state index in [1.807, 2.05) is 57.2 Å². The van der Waals surface area contributed by atoms with Crippen LogP contribution in [0.4, 0.5) is 0 Å². The Bertz CT molecular complexity index is 1060. The van der Waals surface area contributed by atoms with E-state index in [4.69, 9.17) is 38.0 Å².